The Morgan fingerprint density at radius 3 is 2.79 bits per heavy atom. The van der Waals surface area contributed by atoms with E-state index in [1.165, 1.54) is 32.1 Å². The van der Waals surface area contributed by atoms with E-state index in [0.717, 1.165) is 28.3 Å². The molecule has 5 nitrogen and oxygen atoms in total. The lowest BCUT2D eigenvalue weighted by Gasteiger charge is -2.19. The number of nitrogens with zero attached hydrogens (tertiary/aromatic N) is 3. The zero-order chi connectivity index (χ0) is 16.7. The summed E-state index contributed by atoms with van der Waals surface area (Å²) in [6, 6.07) is 0. The predicted molar refractivity (Wildman–Crippen MR) is 94.8 cm³/mol. The highest BCUT2D eigenvalue weighted by Crippen LogP contribution is 2.34. The highest BCUT2D eigenvalue weighted by Gasteiger charge is 2.25. The summed E-state index contributed by atoms with van der Waals surface area (Å²) in [5.41, 5.74) is 4.73. The molecule has 0 spiro atoms. The molecule has 2 aromatic rings. The molecule has 0 aliphatic heterocycles. The molecule has 4 rings (SSSR count). The first-order valence-electron chi connectivity index (χ1n) is 8.84. The molecule has 2 aliphatic rings. The molecular formula is C18H23N3O2S. The topological polar surface area (TPSA) is 64.3 Å². The van der Waals surface area contributed by atoms with Crippen molar-refractivity contribution in [2.45, 2.75) is 51.4 Å². The van der Waals surface area contributed by atoms with Gasteiger partial charge in [-0.1, -0.05) is 32.3 Å². The third-order valence-electron chi connectivity index (χ3n) is 5.29. The van der Waals surface area contributed by atoms with Crippen LogP contribution in [0.25, 0.3) is 11.2 Å². The number of sulfone groups is 1. The Labute approximate surface area is 142 Å². The minimum absolute atomic E-state index is 0.0915. The highest BCUT2D eigenvalue weighted by atomic mass is 32.2. The van der Waals surface area contributed by atoms with Crippen LogP contribution in [0.15, 0.2) is 18.5 Å². The minimum Gasteiger partial charge on any atom is -0.297 e. The van der Waals surface area contributed by atoms with Gasteiger partial charge in [0.25, 0.3) is 0 Å². The molecule has 128 valence electrons. The molecule has 0 aromatic carbocycles. The van der Waals surface area contributed by atoms with Crippen LogP contribution in [-0.4, -0.2) is 34.3 Å². The number of hydrogen-bond acceptors (Lipinski definition) is 4. The van der Waals surface area contributed by atoms with Crippen molar-refractivity contribution in [2.75, 3.05) is 11.5 Å². The fourth-order valence-electron chi connectivity index (χ4n) is 3.89. The molecule has 0 saturated heterocycles. The molecule has 2 heterocycles. The first kappa shape index (κ1) is 15.8. The summed E-state index contributed by atoms with van der Waals surface area (Å²) in [6.07, 6.45) is 12.9. The van der Waals surface area contributed by atoms with Crippen LogP contribution in [0.5, 0.6) is 0 Å². The van der Waals surface area contributed by atoms with Crippen molar-refractivity contribution in [1.29, 1.82) is 0 Å². The molecule has 2 aromatic heterocycles. The van der Waals surface area contributed by atoms with Crippen molar-refractivity contribution in [2.24, 2.45) is 0 Å². The van der Waals surface area contributed by atoms with Crippen LogP contribution in [0.3, 0.4) is 0 Å². The summed E-state index contributed by atoms with van der Waals surface area (Å²) in [7, 11) is -3.06. The molecular weight excluding hydrogens is 322 g/mol. The van der Waals surface area contributed by atoms with E-state index in [9.17, 15) is 8.42 Å². The maximum atomic E-state index is 12.1. The van der Waals surface area contributed by atoms with Crippen molar-refractivity contribution in [3.05, 3.63) is 35.6 Å². The van der Waals surface area contributed by atoms with E-state index in [1.807, 2.05) is 12.3 Å². The lowest BCUT2D eigenvalue weighted by atomic mass is 9.87. The van der Waals surface area contributed by atoms with E-state index in [2.05, 4.69) is 15.6 Å². The fraction of sp³-hybridized carbons (Fsp3) is 0.556. The Morgan fingerprint density at radius 2 is 2.04 bits per heavy atom. The van der Waals surface area contributed by atoms with Gasteiger partial charge in [0.05, 0.1) is 29.0 Å². The molecule has 0 atom stereocenters. The maximum Gasteiger partial charge on any atom is 0.156 e. The normalized spacial score (nSPS) is 18.8. The first-order valence-corrected chi connectivity index (χ1v) is 10.7. The second-order valence-electron chi connectivity index (χ2n) is 6.89. The fourth-order valence-corrected chi connectivity index (χ4v) is 4.82. The number of hydrogen-bond donors (Lipinski definition) is 0. The smallest absolute Gasteiger partial charge is 0.156 e. The standard InChI is InChI=1S/C18H23N3O2S/c1-2-24(22,23)12-14-8-9-15-18(14)21-11-16(20-17(21)10-19-15)13-6-4-3-5-7-13/h8,10-11,13H,2-7,9,12H2,1H3. The summed E-state index contributed by atoms with van der Waals surface area (Å²) in [6.45, 7) is 1.70. The van der Waals surface area contributed by atoms with Crippen LogP contribution >= 0.6 is 0 Å². The SMILES string of the molecule is CCS(=O)(=O)CC1=CCc2ncc3nc(C4CCCCC4)cn3c21. The first-order chi connectivity index (χ1) is 11.6. The van der Waals surface area contributed by atoms with Crippen LogP contribution in [0.2, 0.25) is 0 Å². The molecule has 6 heteroatoms. The zero-order valence-corrected chi connectivity index (χ0v) is 14.8. The van der Waals surface area contributed by atoms with E-state index in [-0.39, 0.29) is 11.5 Å². The number of allylic oxidation sites excluding steroid dienone is 1. The van der Waals surface area contributed by atoms with Crippen molar-refractivity contribution in [3.8, 4) is 0 Å². The van der Waals surface area contributed by atoms with Gasteiger partial charge in [-0.05, 0) is 18.4 Å². The van der Waals surface area contributed by atoms with Crippen molar-refractivity contribution < 1.29 is 8.42 Å². The third-order valence-corrected chi connectivity index (χ3v) is 6.92. The Morgan fingerprint density at radius 1 is 1.25 bits per heavy atom. The average molecular weight is 345 g/mol. The lowest BCUT2D eigenvalue weighted by molar-refractivity contribution is 0.438. The molecule has 0 radical (unpaired) electrons. The van der Waals surface area contributed by atoms with Crippen molar-refractivity contribution in [1.82, 2.24) is 14.4 Å². The summed E-state index contributed by atoms with van der Waals surface area (Å²) in [4.78, 5) is 9.31. The van der Waals surface area contributed by atoms with Crippen LogP contribution in [0.4, 0.5) is 0 Å². The van der Waals surface area contributed by atoms with Gasteiger partial charge in [-0.2, -0.15) is 0 Å². The molecule has 0 N–H and O–H groups in total. The van der Waals surface area contributed by atoms with Crippen LogP contribution in [0.1, 0.15) is 62.0 Å². The van der Waals surface area contributed by atoms with E-state index in [0.29, 0.717) is 12.3 Å². The lowest BCUT2D eigenvalue weighted by Crippen LogP contribution is -2.11. The van der Waals surface area contributed by atoms with Crippen molar-refractivity contribution >= 4 is 21.1 Å². The van der Waals surface area contributed by atoms with E-state index in [4.69, 9.17) is 4.98 Å². The van der Waals surface area contributed by atoms with Gasteiger partial charge in [-0.15, -0.1) is 0 Å². The van der Waals surface area contributed by atoms with Crippen molar-refractivity contribution in [3.63, 3.8) is 0 Å². The van der Waals surface area contributed by atoms with Gasteiger partial charge in [0.2, 0.25) is 0 Å². The minimum atomic E-state index is -3.06. The second-order valence-corrected chi connectivity index (χ2v) is 9.25. The quantitative estimate of drug-likeness (QED) is 0.854. The van der Waals surface area contributed by atoms with Crippen LogP contribution in [0, 0.1) is 0 Å². The molecule has 0 unspecified atom stereocenters. The predicted octanol–water partition coefficient (Wildman–Crippen LogP) is 3.15. The third kappa shape index (κ3) is 2.77. The molecule has 24 heavy (non-hydrogen) atoms. The Kier molecular flexibility index (Phi) is 3.95. The van der Waals surface area contributed by atoms with E-state index in [1.54, 1.807) is 6.92 Å². The van der Waals surface area contributed by atoms with Gasteiger partial charge in [0, 0.05) is 24.3 Å². The zero-order valence-electron chi connectivity index (χ0n) is 14.0. The maximum absolute atomic E-state index is 12.1. The monoisotopic (exact) mass is 345 g/mol. The Hall–Kier alpha value is -1.69. The summed E-state index contributed by atoms with van der Waals surface area (Å²) < 4.78 is 26.2. The van der Waals surface area contributed by atoms with Gasteiger partial charge in [0.15, 0.2) is 15.5 Å². The highest BCUT2D eigenvalue weighted by molar-refractivity contribution is 7.91. The largest absolute Gasteiger partial charge is 0.297 e. The summed E-state index contributed by atoms with van der Waals surface area (Å²) >= 11 is 0. The second kappa shape index (κ2) is 5.99. The van der Waals surface area contributed by atoms with E-state index >= 15 is 0 Å². The van der Waals surface area contributed by atoms with Crippen LogP contribution < -0.4 is 0 Å². The van der Waals surface area contributed by atoms with E-state index < -0.39 is 9.84 Å². The van der Waals surface area contributed by atoms with Gasteiger partial charge in [-0.25, -0.2) is 13.4 Å². The average Bonchev–Trinajstić information content (AvgIpc) is 3.19. The summed E-state index contributed by atoms with van der Waals surface area (Å²) in [5.74, 6) is 0.789. The van der Waals surface area contributed by atoms with Gasteiger partial charge in [-0.3, -0.25) is 9.38 Å². The Balaban J connectivity index is 1.75. The molecule has 0 amide bonds. The Bertz CT molecular complexity index is 906. The van der Waals surface area contributed by atoms with Gasteiger partial charge in [0.1, 0.15) is 0 Å². The summed E-state index contributed by atoms with van der Waals surface area (Å²) in [5, 5.41) is 0. The van der Waals surface area contributed by atoms with Gasteiger partial charge >= 0.3 is 0 Å². The van der Waals surface area contributed by atoms with Crippen LogP contribution in [-0.2, 0) is 16.3 Å². The number of aromatic nitrogens is 3. The number of fused-ring (bicyclic) bond motifs is 3. The molecule has 1 saturated carbocycles. The molecule has 1 fully saturated rings. The molecule has 2 aliphatic carbocycles. The van der Waals surface area contributed by atoms with Gasteiger partial charge < -0.3 is 0 Å². The number of imidazole rings is 1. The molecule has 0 bridgehead atoms. The number of rotatable bonds is 4.